The van der Waals surface area contributed by atoms with Gasteiger partial charge in [0.15, 0.2) is 11.1 Å². The molecule has 0 radical (unpaired) electrons. The van der Waals surface area contributed by atoms with E-state index in [2.05, 4.69) is 24.0 Å². The van der Waals surface area contributed by atoms with E-state index in [0.717, 1.165) is 17.7 Å². The summed E-state index contributed by atoms with van der Waals surface area (Å²) in [5, 5.41) is 10.6. The minimum absolute atomic E-state index is 0.136. The number of alkyl halides is 1. The molecule has 2 heterocycles. The van der Waals surface area contributed by atoms with Crippen molar-refractivity contribution in [1.29, 1.82) is 0 Å². The molecule has 1 aromatic heterocycles. The van der Waals surface area contributed by atoms with Crippen LogP contribution in [0.1, 0.15) is 13.2 Å². The van der Waals surface area contributed by atoms with Gasteiger partial charge in [0.1, 0.15) is 18.0 Å². The molecule has 1 aromatic rings. The Bertz CT molecular complexity index is 1120. The molecule has 0 aromatic carbocycles. The van der Waals surface area contributed by atoms with Gasteiger partial charge in [-0.1, -0.05) is 17.5 Å². The minimum Gasteiger partial charge on any atom is -0.387 e. The van der Waals surface area contributed by atoms with Gasteiger partial charge < -0.3 is 35.2 Å². The molecular formula is C12H17ClN3O13P3. The van der Waals surface area contributed by atoms with Gasteiger partial charge in [0.05, 0.1) is 6.10 Å². The van der Waals surface area contributed by atoms with Gasteiger partial charge in [0.25, 0.3) is 0 Å². The van der Waals surface area contributed by atoms with Crippen LogP contribution < -0.4 is 11.4 Å². The number of aliphatic hydroxyl groups excluding tert-OH is 1. The minimum atomic E-state index is -5.77. The number of hydrogen-bond donors (Lipinski definition) is 6. The molecule has 0 aliphatic carbocycles. The Hall–Kier alpha value is -1.14. The highest BCUT2D eigenvalue weighted by Gasteiger charge is 2.58. The summed E-state index contributed by atoms with van der Waals surface area (Å²) in [6.45, 7) is 1.03. The Labute approximate surface area is 184 Å². The Morgan fingerprint density at radius 3 is 2.41 bits per heavy atom. The van der Waals surface area contributed by atoms with Crippen LogP contribution in [0, 0.1) is 12.3 Å². The summed E-state index contributed by atoms with van der Waals surface area (Å²) in [7, 11) is -16.9. The van der Waals surface area contributed by atoms with E-state index in [4.69, 9.17) is 38.3 Å². The van der Waals surface area contributed by atoms with E-state index in [1.54, 1.807) is 0 Å². The fourth-order valence-corrected chi connectivity index (χ4v) is 6.15. The summed E-state index contributed by atoms with van der Waals surface area (Å²) in [6.07, 6.45) is -0.192. The van der Waals surface area contributed by atoms with Crippen LogP contribution in [0.15, 0.2) is 17.1 Å². The van der Waals surface area contributed by atoms with E-state index in [1.807, 2.05) is 0 Å². The Morgan fingerprint density at radius 2 is 1.91 bits per heavy atom. The van der Waals surface area contributed by atoms with E-state index in [9.17, 15) is 33.4 Å². The number of nitrogen functional groups attached to an aromatic ring is 1. The number of nitrogens with zero attached hydrogens (tertiary/aromatic N) is 2. The number of hydrogen-bond acceptors (Lipinski definition) is 11. The number of rotatable bonds is 8. The lowest BCUT2D eigenvalue weighted by molar-refractivity contribution is -0.0749. The first kappa shape index (κ1) is 27.1. The van der Waals surface area contributed by atoms with Crippen LogP contribution >= 0.6 is 35.1 Å². The fourth-order valence-electron chi connectivity index (χ4n) is 2.67. The number of aromatic nitrogens is 2. The van der Waals surface area contributed by atoms with Gasteiger partial charge >= 0.3 is 29.2 Å². The zero-order valence-electron chi connectivity index (χ0n) is 15.7. The molecule has 0 bridgehead atoms. The van der Waals surface area contributed by atoms with Crippen molar-refractivity contribution in [3.8, 4) is 12.3 Å². The SMILES string of the molecule is C#CC1(Cl)C(O)[C@@H]([C@@H](C)OP(=O)(O)OP(=O)(O)OP(=O)(O)O)O[C@H]1n1ccc(N)nc1=O. The maximum absolute atomic E-state index is 12.1. The van der Waals surface area contributed by atoms with Gasteiger partial charge in [-0.2, -0.15) is 13.6 Å². The molecule has 20 heteroatoms. The average Bonchev–Trinajstić information content (AvgIpc) is 2.84. The first-order valence-electron chi connectivity index (χ1n) is 8.08. The van der Waals surface area contributed by atoms with Gasteiger partial charge in [0.2, 0.25) is 0 Å². The number of terminal acetylenes is 1. The Balaban J connectivity index is 2.27. The van der Waals surface area contributed by atoms with Crippen molar-refractivity contribution in [2.24, 2.45) is 0 Å². The monoisotopic (exact) mass is 539 g/mol. The van der Waals surface area contributed by atoms with E-state index in [-0.39, 0.29) is 5.82 Å². The van der Waals surface area contributed by atoms with E-state index in [0.29, 0.717) is 0 Å². The first-order chi connectivity index (χ1) is 14.4. The highest BCUT2D eigenvalue weighted by Crippen LogP contribution is 2.66. The maximum atomic E-state index is 12.1. The van der Waals surface area contributed by atoms with E-state index < -0.39 is 58.6 Å². The number of nitrogens with two attached hydrogens (primary N) is 1. The van der Waals surface area contributed by atoms with Crippen LogP contribution in [-0.2, 0) is 31.6 Å². The van der Waals surface area contributed by atoms with Crippen LogP contribution in [0.25, 0.3) is 0 Å². The smallest absolute Gasteiger partial charge is 0.387 e. The second-order valence-electron chi connectivity index (χ2n) is 6.25. The molecule has 7 N–H and O–H groups in total. The van der Waals surface area contributed by atoms with Crippen molar-refractivity contribution >= 4 is 40.9 Å². The van der Waals surface area contributed by atoms with Crippen molar-refractivity contribution in [3.63, 3.8) is 0 Å². The zero-order chi connectivity index (χ0) is 24.7. The number of anilines is 1. The highest BCUT2D eigenvalue weighted by molar-refractivity contribution is 7.66. The summed E-state index contributed by atoms with van der Waals surface area (Å²) < 4.78 is 52.2. The zero-order valence-corrected chi connectivity index (χ0v) is 19.2. The normalized spacial score (nSPS) is 30.8. The molecular weight excluding hydrogens is 523 g/mol. The Kier molecular flexibility index (Phi) is 7.83. The predicted octanol–water partition coefficient (Wildman–Crippen LogP) is -0.574. The first-order valence-corrected chi connectivity index (χ1v) is 13.0. The molecule has 32 heavy (non-hydrogen) atoms. The average molecular weight is 540 g/mol. The molecule has 1 aliphatic rings. The number of ether oxygens (including phenoxy) is 1. The molecule has 1 saturated heterocycles. The van der Waals surface area contributed by atoms with Gasteiger partial charge in [-0.15, -0.1) is 6.42 Å². The van der Waals surface area contributed by atoms with Gasteiger partial charge in [-0.05, 0) is 13.0 Å². The number of phosphoric acid groups is 3. The maximum Gasteiger partial charge on any atom is 0.490 e. The standard InChI is InChI=1S/C12H17ClN3O13P3/c1-3-12(13)9(17)8(26-10(12)16-5-4-7(14)15-11(16)18)6(2)27-31(22,23)29-32(24,25)28-30(19,20)21/h1,4-6,8-10,17H,2H3,(H,22,23)(H,24,25)(H2,14,15,18)(H2,19,20,21)/t6-,8-,9?,10-,12?/m1/s1. The van der Waals surface area contributed by atoms with E-state index in [1.165, 1.54) is 6.07 Å². The summed E-state index contributed by atoms with van der Waals surface area (Å²) >= 11 is 6.27. The van der Waals surface area contributed by atoms with Crippen molar-refractivity contribution in [2.45, 2.75) is 36.3 Å². The van der Waals surface area contributed by atoms with Crippen molar-refractivity contribution in [2.75, 3.05) is 5.73 Å². The topological polar surface area (TPSA) is 250 Å². The van der Waals surface area contributed by atoms with Crippen LogP contribution in [0.2, 0.25) is 0 Å². The van der Waals surface area contributed by atoms with Gasteiger partial charge in [-0.25, -0.2) is 18.5 Å². The summed E-state index contributed by atoms with van der Waals surface area (Å²) in [5.41, 5.74) is 4.45. The molecule has 4 unspecified atom stereocenters. The van der Waals surface area contributed by atoms with Crippen molar-refractivity contribution in [3.05, 3.63) is 22.7 Å². The lowest BCUT2D eigenvalue weighted by atomic mass is 9.97. The summed E-state index contributed by atoms with van der Waals surface area (Å²) in [6, 6.07) is 1.20. The number of halogens is 1. The second-order valence-corrected chi connectivity index (χ2v) is 11.3. The molecule has 1 aliphatic heterocycles. The largest absolute Gasteiger partial charge is 0.490 e. The lowest BCUT2D eigenvalue weighted by Gasteiger charge is -2.26. The van der Waals surface area contributed by atoms with Crippen LogP contribution in [0.5, 0.6) is 0 Å². The molecule has 2 rings (SSSR count). The van der Waals surface area contributed by atoms with Crippen LogP contribution in [0.4, 0.5) is 5.82 Å². The van der Waals surface area contributed by atoms with Crippen LogP contribution in [-0.4, -0.2) is 57.4 Å². The molecule has 0 saturated carbocycles. The fraction of sp³-hybridized carbons (Fsp3) is 0.500. The number of aliphatic hydroxyl groups is 1. The second kappa shape index (κ2) is 9.25. The molecule has 16 nitrogen and oxygen atoms in total. The number of phosphoric ester groups is 1. The van der Waals surface area contributed by atoms with E-state index >= 15 is 0 Å². The third-order valence-electron chi connectivity index (χ3n) is 3.89. The molecule has 7 atom stereocenters. The molecule has 0 spiro atoms. The van der Waals surface area contributed by atoms with Gasteiger partial charge in [-0.3, -0.25) is 9.09 Å². The highest BCUT2D eigenvalue weighted by atomic mass is 35.5. The summed E-state index contributed by atoms with van der Waals surface area (Å²) in [5.74, 6) is 1.92. The Morgan fingerprint density at radius 1 is 1.31 bits per heavy atom. The van der Waals surface area contributed by atoms with Gasteiger partial charge in [0, 0.05) is 6.20 Å². The molecule has 1 fully saturated rings. The van der Waals surface area contributed by atoms with Crippen molar-refractivity contribution < 1.29 is 56.3 Å². The lowest BCUT2D eigenvalue weighted by Crippen LogP contribution is -2.44. The molecule has 180 valence electrons. The molecule has 0 amide bonds. The summed E-state index contributed by atoms with van der Waals surface area (Å²) in [4.78, 5) is 49.4. The third kappa shape index (κ3) is 6.25. The van der Waals surface area contributed by atoms with Crippen molar-refractivity contribution in [1.82, 2.24) is 9.55 Å². The third-order valence-corrected chi connectivity index (χ3v) is 8.34. The van der Waals surface area contributed by atoms with Crippen LogP contribution in [0.3, 0.4) is 0 Å². The quantitative estimate of drug-likeness (QED) is 0.137. The predicted molar refractivity (Wildman–Crippen MR) is 105 cm³/mol.